The molecule has 1 aliphatic rings. The Balaban J connectivity index is 0.000000187. The molecule has 4 rings (SSSR count). The van der Waals surface area contributed by atoms with Gasteiger partial charge >= 0.3 is 0 Å². The van der Waals surface area contributed by atoms with Crippen molar-refractivity contribution in [2.75, 3.05) is 19.8 Å². The van der Waals surface area contributed by atoms with Gasteiger partial charge in [-0.15, -0.1) is 0 Å². The number of aryl methyl sites for hydroxylation is 1. The zero-order chi connectivity index (χ0) is 18.5. The van der Waals surface area contributed by atoms with Crippen LogP contribution in [0.2, 0.25) is 0 Å². The Morgan fingerprint density at radius 2 is 1.73 bits per heavy atom. The third kappa shape index (κ3) is 3.96. The zero-order valence-corrected chi connectivity index (χ0v) is 15.9. The van der Waals surface area contributed by atoms with Gasteiger partial charge in [0.25, 0.3) is 0 Å². The second kappa shape index (κ2) is 8.17. The summed E-state index contributed by atoms with van der Waals surface area (Å²) in [5.74, 6) is 3.35. The standard InChI is InChI=1S/C11H14O2.C11H12O2.H2/c2*1-3-12-9-4-5-11-10(6-9)8(2)7-13-11;/h4-6,8H,3,7H2,1-2H3;4-7H,3H2,1-2H3;1H. The maximum absolute atomic E-state index is 5.49. The molecule has 26 heavy (non-hydrogen) atoms. The number of ether oxygens (including phenoxy) is 3. The fourth-order valence-corrected chi connectivity index (χ4v) is 3.00. The molecule has 1 aliphatic heterocycles. The van der Waals surface area contributed by atoms with E-state index in [1.807, 2.05) is 51.1 Å². The molecule has 3 aromatic rings. The molecule has 0 bridgehead atoms. The zero-order valence-electron chi connectivity index (χ0n) is 15.9. The van der Waals surface area contributed by atoms with E-state index in [0.717, 1.165) is 40.4 Å². The van der Waals surface area contributed by atoms with E-state index in [4.69, 9.17) is 18.6 Å². The van der Waals surface area contributed by atoms with Crippen LogP contribution in [0.1, 0.15) is 39.2 Å². The van der Waals surface area contributed by atoms with E-state index in [1.54, 1.807) is 6.26 Å². The van der Waals surface area contributed by atoms with Gasteiger partial charge in [0, 0.05) is 18.3 Å². The molecule has 1 unspecified atom stereocenters. The Hall–Kier alpha value is -2.62. The van der Waals surface area contributed by atoms with Gasteiger partial charge in [-0.3, -0.25) is 0 Å². The molecule has 140 valence electrons. The predicted octanol–water partition coefficient (Wildman–Crippen LogP) is 5.97. The van der Waals surface area contributed by atoms with Crippen LogP contribution in [0.25, 0.3) is 11.0 Å². The molecule has 4 nitrogen and oxygen atoms in total. The largest absolute Gasteiger partial charge is 0.494 e. The minimum absolute atomic E-state index is 0. The van der Waals surface area contributed by atoms with E-state index in [2.05, 4.69) is 13.0 Å². The van der Waals surface area contributed by atoms with Gasteiger partial charge in [-0.25, -0.2) is 0 Å². The van der Waals surface area contributed by atoms with Crippen molar-refractivity contribution in [2.45, 2.75) is 33.6 Å². The smallest absolute Gasteiger partial charge is 0.134 e. The van der Waals surface area contributed by atoms with Gasteiger partial charge in [0.1, 0.15) is 22.8 Å². The van der Waals surface area contributed by atoms with Crippen molar-refractivity contribution in [3.63, 3.8) is 0 Å². The molecule has 0 N–H and O–H groups in total. The van der Waals surface area contributed by atoms with Gasteiger partial charge in [-0.2, -0.15) is 0 Å². The molecule has 0 spiro atoms. The Bertz CT molecular complexity index is 872. The van der Waals surface area contributed by atoms with Crippen LogP contribution in [0.4, 0.5) is 0 Å². The first-order valence-electron chi connectivity index (χ1n) is 9.12. The topological polar surface area (TPSA) is 40.8 Å². The third-order valence-electron chi connectivity index (χ3n) is 4.36. The number of fused-ring (bicyclic) bond motifs is 2. The maximum Gasteiger partial charge on any atom is 0.134 e. The summed E-state index contributed by atoms with van der Waals surface area (Å²) < 4.78 is 21.6. The number of hydrogen-bond donors (Lipinski definition) is 0. The highest BCUT2D eigenvalue weighted by Crippen LogP contribution is 2.35. The van der Waals surface area contributed by atoms with Gasteiger partial charge in [0.2, 0.25) is 0 Å². The first-order chi connectivity index (χ1) is 12.6. The van der Waals surface area contributed by atoms with Crippen LogP contribution < -0.4 is 14.2 Å². The molecule has 0 saturated carbocycles. The van der Waals surface area contributed by atoms with E-state index in [1.165, 1.54) is 5.56 Å². The molecule has 4 heteroatoms. The summed E-state index contributed by atoms with van der Waals surface area (Å²) in [6.45, 7) is 10.4. The van der Waals surface area contributed by atoms with Crippen molar-refractivity contribution in [1.29, 1.82) is 0 Å². The van der Waals surface area contributed by atoms with Gasteiger partial charge < -0.3 is 18.6 Å². The Morgan fingerprint density at radius 3 is 2.46 bits per heavy atom. The van der Waals surface area contributed by atoms with Crippen molar-refractivity contribution in [3.8, 4) is 17.2 Å². The summed E-state index contributed by atoms with van der Waals surface area (Å²) in [4.78, 5) is 0. The Labute approximate surface area is 156 Å². The lowest BCUT2D eigenvalue weighted by Gasteiger charge is -2.05. The lowest BCUT2D eigenvalue weighted by Crippen LogP contribution is -1.94. The maximum atomic E-state index is 5.49. The lowest BCUT2D eigenvalue weighted by atomic mass is 10.0. The molecule has 2 aromatic carbocycles. The van der Waals surface area contributed by atoms with Crippen LogP contribution in [0.3, 0.4) is 0 Å². The summed E-state index contributed by atoms with van der Waals surface area (Å²) in [5, 5.41) is 1.13. The monoisotopic (exact) mass is 356 g/mol. The highest BCUT2D eigenvalue weighted by atomic mass is 16.5. The van der Waals surface area contributed by atoms with E-state index < -0.39 is 0 Å². The third-order valence-corrected chi connectivity index (χ3v) is 4.36. The van der Waals surface area contributed by atoms with Crippen molar-refractivity contribution in [1.82, 2.24) is 0 Å². The van der Waals surface area contributed by atoms with Crippen LogP contribution in [0.15, 0.2) is 47.1 Å². The van der Waals surface area contributed by atoms with E-state index in [-0.39, 0.29) is 1.43 Å². The SMILES string of the molecule is CCOc1ccc2c(c1)C(C)CO2.CCOc1ccc2occ(C)c2c1.[HH]. The van der Waals surface area contributed by atoms with E-state index in [9.17, 15) is 0 Å². The second-order valence-corrected chi connectivity index (χ2v) is 6.35. The van der Waals surface area contributed by atoms with Gasteiger partial charge in [0.15, 0.2) is 0 Å². The van der Waals surface area contributed by atoms with Crippen molar-refractivity contribution in [2.24, 2.45) is 0 Å². The van der Waals surface area contributed by atoms with Crippen LogP contribution in [0, 0.1) is 6.92 Å². The van der Waals surface area contributed by atoms with Gasteiger partial charge in [-0.05, 0) is 62.7 Å². The molecule has 0 radical (unpaired) electrons. The van der Waals surface area contributed by atoms with E-state index >= 15 is 0 Å². The van der Waals surface area contributed by atoms with Gasteiger partial charge in [0.05, 0.1) is 26.1 Å². The molecule has 0 aliphatic carbocycles. The summed E-state index contributed by atoms with van der Waals surface area (Å²) in [6.07, 6.45) is 1.76. The minimum atomic E-state index is 0. The van der Waals surface area contributed by atoms with Crippen molar-refractivity contribution in [3.05, 3.63) is 53.8 Å². The number of hydrogen-bond acceptors (Lipinski definition) is 4. The van der Waals surface area contributed by atoms with Crippen molar-refractivity contribution < 1.29 is 20.1 Å². The summed E-state index contributed by atoms with van der Waals surface area (Å²) in [7, 11) is 0. The predicted molar refractivity (Wildman–Crippen MR) is 106 cm³/mol. The molecular formula is C22H28O4. The second-order valence-electron chi connectivity index (χ2n) is 6.35. The van der Waals surface area contributed by atoms with Crippen LogP contribution in [-0.2, 0) is 0 Å². The first-order valence-corrected chi connectivity index (χ1v) is 9.12. The lowest BCUT2D eigenvalue weighted by molar-refractivity contribution is 0.335. The normalized spacial score (nSPS) is 15.0. The number of rotatable bonds is 4. The Kier molecular flexibility index (Phi) is 5.71. The van der Waals surface area contributed by atoms with Crippen LogP contribution in [0.5, 0.6) is 17.2 Å². The summed E-state index contributed by atoms with van der Waals surface area (Å²) in [6, 6.07) is 11.9. The van der Waals surface area contributed by atoms with E-state index in [0.29, 0.717) is 19.1 Å². The number of furan rings is 1. The molecule has 2 heterocycles. The molecule has 0 saturated heterocycles. The number of benzene rings is 2. The van der Waals surface area contributed by atoms with Crippen LogP contribution >= 0.6 is 0 Å². The average molecular weight is 356 g/mol. The highest BCUT2D eigenvalue weighted by Gasteiger charge is 2.20. The quantitative estimate of drug-likeness (QED) is 0.578. The van der Waals surface area contributed by atoms with Gasteiger partial charge in [-0.1, -0.05) is 6.92 Å². The summed E-state index contributed by atoms with van der Waals surface area (Å²) >= 11 is 0. The fraction of sp³-hybridized carbons (Fsp3) is 0.364. The molecule has 1 aromatic heterocycles. The molecular weight excluding hydrogens is 328 g/mol. The fourth-order valence-electron chi connectivity index (χ4n) is 3.00. The van der Waals surface area contributed by atoms with Crippen LogP contribution in [-0.4, -0.2) is 19.8 Å². The average Bonchev–Trinajstić information content (AvgIpc) is 3.20. The summed E-state index contributed by atoms with van der Waals surface area (Å²) in [5.41, 5.74) is 3.34. The molecule has 1 atom stereocenters. The minimum Gasteiger partial charge on any atom is -0.494 e. The Morgan fingerprint density at radius 1 is 1.04 bits per heavy atom. The highest BCUT2D eigenvalue weighted by molar-refractivity contribution is 5.82. The van der Waals surface area contributed by atoms with Crippen molar-refractivity contribution >= 4 is 11.0 Å². The first kappa shape index (κ1) is 18.2. The molecule has 0 fully saturated rings. The molecule has 0 amide bonds.